The Morgan fingerprint density at radius 1 is 0.867 bits per heavy atom. The maximum atomic E-state index is 13.2. The fraction of sp³-hybridized carbons (Fsp3) is 0.0476. The number of hydrogen-bond donors (Lipinski definition) is 3. The number of rotatable bonds is 5. The molecule has 9 heteroatoms. The van der Waals surface area contributed by atoms with E-state index in [2.05, 4.69) is 20.6 Å². The van der Waals surface area contributed by atoms with E-state index in [1.807, 2.05) is 0 Å². The molecule has 0 bridgehead atoms. The third-order valence-electron chi connectivity index (χ3n) is 4.13. The van der Waals surface area contributed by atoms with E-state index in [-0.39, 0.29) is 11.5 Å². The number of H-pyrrole nitrogens is 1. The van der Waals surface area contributed by atoms with Gasteiger partial charge in [0, 0.05) is 23.2 Å². The highest BCUT2D eigenvalue weighted by atomic mass is 32.2. The topological polar surface area (TPSA) is 69.8 Å². The molecule has 0 saturated heterocycles. The highest BCUT2D eigenvalue weighted by molar-refractivity contribution is 7.98. The molecule has 0 fully saturated rings. The van der Waals surface area contributed by atoms with Crippen LogP contribution in [0.4, 0.5) is 29.3 Å². The summed E-state index contributed by atoms with van der Waals surface area (Å²) in [6.07, 6.45) is 0. The zero-order chi connectivity index (χ0) is 21.1. The molecule has 0 spiro atoms. The molecule has 3 aromatic carbocycles. The number of carbonyl (C=O) groups excluding carboxylic acids is 1. The summed E-state index contributed by atoms with van der Waals surface area (Å²) in [6.45, 7) is 0. The Balaban J connectivity index is 1.41. The van der Waals surface area contributed by atoms with Gasteiger partial charge in [-0.15, -0.1) is 0 Å². The number of nitrogens with one attached hydrogen (secondary N) is 3. The Bertz CT molecular complexity index is 1190. The van der Waals surface area contributed by atoms with Crippen molar-refractivity contribution in [3.63, 3.8) is 0 Å². The van der Waals surface area contributed by atoms with Gasteiger partial charge in [0.25, 0.3) is 0 Å². The van der Waals surface area contributed by atoms with Gasteiger partial charge in [-0.2, -0.15) is 0 Å². The van der Waals surface area contributed by atoms with Crippen LogP contribution in [0.3, 0.4) is 0 Å². The third kappa shape index (κ3) is 4.93. The molecule has 2 amide bonds. The van der Waals surface area contributed by atoms with Crippen LogP contribution in [-0.2, 0) is 5.75 Å². The minimum Gasteiger partial charge on any atom is -0.333 e. The van der Waals surface area contributed by atoms with Crippen molar-refractivity contribution in [2.75, 3.05) is 10.6 Å². The van der Waals surface area contributed by atoms with Crippen molar-refractivity contribution in [1.82, 2.24) is 9.97 Å². The van der Waals surface area contributed by atoms with Crippen molar-refractivity contribution in [3.8, 4) is 0 Å². The molecule has 0 saturated carbocycles. The fourth-order valence-electron chi connectivity index (χ4n) is 2.78. The smallest absolute Gasteiger partial charge is 0.323 e. The summed E-state index contributed by atoms with van der Waals surface area (Å²) >= 11 is 1.47. The molecule has 1 aromatic heterocycles. The average Bonchev–Trinajstić information content (AvgIpc) is 3.09. The Hall–Kier alpha value is -3.46. The number of benzene rings is 3. The van der Waals surface area contributed by atoms with Gasteiger partial charge in [0.05, 0.1) is 11.0 Å². The lowest BCUT2D eigenvalue weighted by molar-refractivity contribution is 0.262. The summed E-state index contributed by atoms with van der Waals surface area (Å²) in [6, 6.07) is 13.5. The maximum absolute atomic E-state index is 13.2. The van der Waals surface area contributed by atoms with Crippen molar-refractivity contribution in [3.05, 3.63) is 83.7 Å². The van der Waals surface area contributed by atoms with Crippen LogP contribution in [0, 0.1) is 17.5 Å². The number of halogens is 3. The lowest BCUT2D eigenvalue weighted by atomic mass is 10.2. The van der Waals surface area contributed by atoms with Gasteiger partial charge < -0.3 is 15.6 Å². The summed E-state index contributed by atoms with van der Waals surface area (Å²) < 4.78 is 39.4. The number of imidazole rings is 1. The molecule has 4 aromatic rings. The van der Waals surface area contributed by atoms with Crippen LogP contribution in [0.15, 0.2) is 65.8 Å². The van der Waals surface area contributed by atoms with E-state index in [9.17, 15) is 18.0 Å². The van der Waals surface area contributed by atoms with Gasteiger partial charge >= 0.3 is 6.03 Å². The van der Waals surface area contributed by atoms with E-state index >= 15 is 0 Å². The lowest BCUT2D eigenvalue weighted by Gasteiger charge is -2.08. The molecule has 0 aliphatic rings. The largest absolute Gasteiger partial charge is 0.333 e. The molecule has 0 atom stereocenters. The minimum atomic E-state index is -0.783. The first-order valence-electron chi connectivity index (χ1n) is 8.86. The molecule has 0 radical (unpaired) electrons. The summed E-state index contributed by atoms with van der Waals surface area (Å²) in [7, 11) is 0. The molecule has 152 valence electrons. The quantitative estimate of drug-likeness (QED) is 0.346. The normalized spacial score (nSPS) is 10.9. The molecular formula is C21H15F3N4OS. The molecule has 0 unspecified atom stereocenters. The summed E-state index contributed by atoms with van der Waals surface area (Å²) in [5, 5.41) is 5.67. The Kier molecular flexibility index (Phi) is 5.62. The zero-order valence-electron chi connectivity index (χ0n) is 15.4. The number of aromatic amines is 1. The highest BCUT2D eigenvalue weighted by Crippen LogP contribution is 2.25. The molecule has 5 nitrogen and oxygen atoms in total. The van der Waals surface area contributed by atoms with Gasteiger partial charge in [-0.25, -0.2) is 22.9 Å². The number of nitrogens with zero attached hydrogens (tertiary/aromatic N) is 1. The summed E-state index contributed by atoms with van der Waals surface area (Å²) in [5.41, 5.74) is 2.87. The van der Waals surface area contributed by atoms with Crippen molar-refractivity contribution in [1.29, 1.82) is 0 Å². The van der Waals surface area contributed by atoms with Crippen LogP contribution in [0.1, 0.15) is 5.56 Å². The van der Waals surface area contributed by atoms with E-state index < -0.39 is 17.7 Å². The maximum Gasteiger partial charge on any atom is 0.323 e. The van der Waals surface area contributed by atoms with Crippen LogP contribution in [0.25, 0.3) is 11.0 Å². The molecule has 4 rings (SSSR count). The molecule has 0 aliphatic carbocycles. The van der Waals surface area contributed by atoms with Gasteiger partial charge in [-0.3, -0.25) is 0 Å². The molecular weight excluding hydrogens is 413 g/mol. The van der Waals surface area contributed by atoms with Gasteiger partial charge in [0.2, 0.25) is 0 Å². The van der Waals surface area contributed by atoms with Crippen molar-refractivity contribution in [2.45, 2.75) is 10.9 Å². The van der Waals surface area contributed by atoms with Crippen LogP contribution >= 0.6 is 11.8 Å². The Morgan fingerprint density at radius 3 is 2.30 bits per heavy atom. The van der Waals surface area contributed by atoms with Gasteiger partial charge in [-0.05, 0) is 48.0 Å². The highest BCUT2D eigenvalue weighted by Gasteiger charge is 2.09. The Labute approximate surface area is 173 Å². The van der Waals surface area contributed by atoms with Crippen LogP contribution in [0.5, 0.6) is 0 Å². The first kappa shape index (κ1) is 19.8. The van der Waals surface area contributed by atoms with E-state index in [1.165, 1.54) is 23.9 Å². The van der Waals surface area contributed by atoms with Crippen LogP contribution < -0.4 is 10.6 Å². The van der Waals surface area contributed by atoms with E-state index in [0.717, 1.165) is 29.3 Å². The number of amides is 2. The number of aromatic nitrogens is 2. The number of thioether (sulfide) groups is 1. The number of hydrogen-bond acceptors (Lipinski definition) is 3. The molecule has 30 heavy (non-hydrogen) atoms. The number of anilines is 2. The number of carbonyl (C=O) groups is 1. The SMILES string of the molecule is O=C(Nc1cc(F)cc(F)c1)Nc1ccc2[nH]c(SCc3ccc(F)cc3)nc2c1. The standard InChI is InChI=1S/C21H15F3N4OS/c22-13-3-1-12(2-4-13)11-30-21-27-18-6-5-16(10-19(18)28-21)25-20(29)26-17-8-14(23)7-15(24)9-17/h1-10H,11H2,(H,27,28)(H2,25,26,29). The number of fused-ring (bicyclic) bond motifs is 1. The van der Waals surface area contributed by atoms with E-state index in [1.54, 1.807) is 30.3 Å². The first-order valence-corrected chi connectivity index (χ1v) is 9.84. The van der Waals surface area contributed by atoms with Crippen LogP contribution in [-0.4, -0.2) is 16.0 Å². The molecule has 0 aliphatic heterocycles. The van der Waals surface area contributed by atoms with Gasteiger partial charge in [-0.1, -0.05) is 23.9 Å². The lowest BCUT2D eigenvalue weighted by Crippen LogP contribution is -2.19. The summed E-state index contributed by atoms with van der Waals surface area (Å²) in [5.74, 6) is -1.22. The minimum absolute atomic E-state index is 0.00493. The molecule has 3 N–H and O–H groups in total. The van der Waals surface area contributed by atoms with Crippen LogP contribution in [0.2, 0.25) is 0 Å². The Morgan fingerprint density at radius 2 is 1.57 bits per heavy atom. The van der Waals surface area contributed by atoms with Crippen molar-refractivity contribution < 1.29 is 18.0 Å². The van der Waals surface area contributed by atoms with Gasteiger partial charge in [0.15, 0.2) is 5.16 Å². The monoisotopic (exact) mass is 428 g/mol. The van der Waals surface area contributed by atoms with Crippen molar-refractivity contribution in [2.24, 2.45) is 0 Å². The van der Waals surface area contributed by atoms with Gasteiger partial charge in [0.1, 0.15) is 17.5 Å². The predicted octanol–water partition coefficient (Wildman–Crippen LogP) is 5.92. The number of urea groups is 1. The first-order chi connectivity index (χ1) is 14.4. The fourth-order valence-corrected chi connectivity index (χ4v) is 3.62. The average molecular weight is 428 g/mol. The summed E-state index contributed by atoms with van der Waals surface area (Å²) in [4.78, 5) is 19.8. The zero-order valence-corrected chi connectivity index (χ0v) is 16.2. The van der Waals surface area contributed by atoms with E-state index in [0.29, 0.717) is 22.1 Å². The van der Waals surface area contributed by atoms with E-state index in [4.69, 9.17) is 0 Å². The third-order valence-corrected chi connectivity index (χ3v) is 5.07. The molecule has 1 heterocycles. The van der Waals surface area contributed by atoms with Crippen molar-refractivity contribution >= 4 is 40.2 Å². The predicted molar refractivity (Wildman–Crippen MR) is 111 cm³/mol. The second-order valence-electron chi connectivity index (χ2n) is 6.43. The second kappa shape index (κ2) is 8.50. The second-order valence-corrected chi connectivity index (χ2v) is 7.39.